The number of hydrogen-bond acceptors (Lipinski definition) is 6. The predicted octanol–water partition coefficient (Wildman–Crippen LogP) is 2.13. The van der Waals surface area contributed by atoms with E-state index in [2.05, 4.69) is 10.3 Å². The highest BCUT2D eigenvalue weighted by Crippen LogP contribution is 2.19. The maximum atomic E-state index is 12.1. The van der Waals surface area contributed by atoms with E-state index < -0.39 is 5.97 Å². The molecule has 0 atom stereocenters. The summed E-state index contributed by atoms with van der Waals surface area (Å²) in [7, 11) is 1.57. The maximum Gasteiger partial charge on any atom is 0.339 e. The summed E-state index contributed by atoms with van der Waals surface area (Å²) in [6, 6.07) is 1.41. The van der Waals surface area contributed by atoms with Crippen molar-refractivity contribution in [1.82, 2.24) is 10.3 Å². The molecule has 8 heteroatoms. The fourth-order valence-corrected chi connectivity index (χ4v) is 2.89. The van der Waals surface area contributed by atoms with Gasteiger partial charge in [0.15, 0.2) is 0 Å². The number of nitrogens with zero attached hydrogens (tertiary/aromatic N) is 1. The lowest BCUT2D eigenvalue weighted by Gasteiger charge is -2.01. The molecule has 0 saturated heterocycles. The molecule has 0 saturated carbocycles. The van der Waals surface area contributed by atoms with E-state index >= 15 is 0 Å². The number of hydrogen-bond donors (Lipinski definition) is 2. The van der Waals surface area contributed by atoms with Gasteiger partial charge in [-0.3, -0.25) is 4.79 Å². The first-order chi connectivity index (χ1) is 10.4. The van der Waals surface area contributed by atoms with Crippen LogP contribution in [0.3, 0.4) is 0 Å². The number of ether oxygens (including phenoxy) is 1. The van der Waals surface area contributed by atoms with E-state index in [0.29, 0.717) is 28.7 Å². The van der Waals surface area contributed by atoms with Crippen molar-refractivity contribution in [1.29, 1.82) is 0 Å². The van der Waals surface area contributed by atoms with Crippen LogP contribution in [0.1, 0.15) is 42.3 Å². The highest BCUT2D eigenvalue weighted by Gasteiger charge is 2.17. The Balaban J connectivity index is 2.03. The third kappa shape index (κ3) is 3.52. The molecule has 0 aromatic carbocycles. The van der Waals surface area contributed by atoms with E-state index in [4.69, 9.17) is 14.3 Å². The second-order valence-electron chi connectivity index (χ2n) is 4.63. The third-order valence-corrected chi connectivity index (χ3v) is 4.07. The summed E-state index contributed by atoms with van der Waals surface area (Å²) < 4.78 is 10.3. The van der Waals surface area contributed by atoms with E-state index in [9.17, 15) is 9.59 Å². The topological polar surface area (TPSA) is 102 Å². The van der Waals surface area contributed by atoms with Crippen LogP contribution in [0, 0.1) is 13.8 Å². The maximum absolute atomic E-state index is 12.1. The Morgan fingerprint density at radius 1 is 1.45 bits per heavy atom. The first-order valence-corrected chi connectivity index (χ1v) is 7.30. The summed E-state index contributed by atoms with van der Waals surface area (Å²) in [5.41, 5.74) is 0.733. The van der Waals surface area contributed by atoms with Crippen LogP contribution in [0.5, 0.6) is 0 Å². The lowest BCUT2D eigenvalue weighted by atomic mass is 10.2. The fourth-order valence-electron chi connectivity index (χ4n) is 1.94. The third-order valence-electron chi connectivity index (χ3n) is 2.94. The minimum Gasteiger partial charge on any atom is -0.478 e. The average Bonchev–Trinajstić information content (AvgIpc) is 3.00. The summed E-state index contributed by atoms with van der Waals surface area (Å²) in [4.78, 5) is 27.8. The Kier molecular flexibility index (Phi) is 4.94. The van der Waals surface area contributed by atoms with Gasteiger partial charge >= 0.3 is 5.97 Å². The van der Waals surface area contributed by atoms with Gasteiger partial charge in [-0.15, -0.1) is 11.3 Å². The summed E-state index contributed by atoms with van der Waals surface area (Å²) in [6.45, 7) is 3.80. The second-order valence-corrected chi connectivity index (χ2v) is 5.71. The Labute approximate surface area is 130 Å². The van der Waals surface area contributed by atoms with Gasteiger partial charge in [-0.05, 0) is 19.9 Å². The number of amides is 1. The van der Waals surface area contributed by atoms with Crippen molar-refractivity contribution in [3.8, 4) is 0 Å². The monoisotopic (exact) mass is 324 g/mol. The molecule has 0 spiro atoms. The van der Waals surface area contributed by atoms with Gasteiger partial charge in [0.25, 0.3) is 5.91 Å². The van der Waals surface area contributed by atoms with Gasteiger partial charge in [0.1, 0.15) is 27.0 Å². The van der Waals surface area contributed by atoms with E-state index in [-0.39, 0.29) is 18.0 Å². The van der Waals surface area contributed by atoms with E-state index in [1.54, 1.807) is 21.0 Å². The number of aromatic carboxylic acids is 1. The molecule has 0 aliphatic carbocycles. The molecule has 22 heavy (non-hydrogen) atoms. The SMILES string of the molecule is COCc1nc(C)c(C(=O)NCc2cc(C(=O)O)c(C)o2)s1. The number of carbonyl (C=O) groups excluding carboxylic acids is 1. The van der Waals surface area contributed by atoms with Crippen LogP contribution in [0.15, 0.2) is 10.5 Å². The Morgan fingerprint density at radius 2 is 2.18 bits per heavy atom. The number of carboxylic acids is 1. The largest absolute Gasteiger partial charge is 0.478 e. The summed E-state index contributed by atoms with van der Waals surface area (Å²) in [5, 5.41) is 12.4. The molecule has 2 rings (SSSR count). The smallest absolute Gasteiger partial charge is 0.339 e. The Bertz CT molecular complexity index is 704. The first kappa shape index (κ1) is 16.2. The molecule has 7 nitrogen and oxygen atoms in total. The zero-order chi connectivity index (χ0) is 16.3. The molecule has 2 aromatic rings. The minimum atomic E-state index is -1.05. The number of carboxylic acid groups (broad SMARTS) is 1. The molecule has 0 aliphatic rings. The number of thiazole rings is 1. The van der Waals surface area contributed by atoms with Crippen molar-refractivity contribution in [2.75, 3.05) is 7.11 Å². The molecule has 2 heterocycles. The number of nitrogens with one attached hydrogen (secondary N) is 1. The first-order valence-electron chi connectivity index (χ1n) is 6.48. The van der Waals surface area contributed by atoms with Gasteiger partial charge in [0, 0.05) is 7.11 Å². The van der Waals surface area contributed by atoms with Crippen LogP contribution in [0.25, 0.3) is 0 Å². The fraction of sp³-hybridized carbons (Fsp3) is 0.357. The molecule has 0 radical (unpaired) electrons. The van der Waals surface area contributed by atoms with E-state index in [1.165, 1.54) is 17.4 Å². The van der Waals surface area contributed by atoms with Crippen molar-refractivity contribution in [2.24, 2.45) is 0 Å². The van der Waals surface area contributed by atoms with E-state index in [1.807, 2.05) is 0 Å². The van der Waals surface area contributed by atoms with Crippen molar-refractivity contribution in [3.05, 3.63) is 38.7 Å². The summed E-state index contributed by atoms with van der Waals surface area (Å²) in [5.74, 6) is -0.625. The van der Waals surface area contributed by atoms with Crippen LogP contribution in [-0.2, 0) is 17.9 Å². The molecule has 0 bridgehead atoms. The van der Waals surface area contributed by atoms with Gasteiger partial charge < -0.3 is 19.6 Å². The van der Waals surface area contributed by atoms with Crippen LogP contribution >= 0.6 is 11.3 Å². The molecular weight excluding hydrogens is 308 g/mol. The standard InChI is InChI=1S/C14H16N2O5S/c1-7-12(22-11(16-7)6-20-3)13(17)15-5-9-4-10(14(18)19)8(2)21-9/h4H,5-6H2,1-3H3,(H,15,17)(H,18,19). The summed E-state index contributed by atoms with van der Waals surface area (Å²) >= 11 is 1.27. The van der Waals surface area contributed by atoms with Crippen molar-refractivity contribution in [2.45, 2.75) is 27.0 Å². The van der Waals surface area contributed by atoms with Crippen LogP contribution in [0.4, 0.5) is 0 Å². The highest BCUT2D eigenvalue weighted by molar-refractivity contribution is 7.13. The number of methoxy groups -OCH3 is 1. The zero-order valence-electron chi connectivity index (χ0n) is 12.4. The quantitative estimate of drug-likeness (QED) is 0.844. The molecule has 1 amide bonds. The van der Waals surface area contributed by atoms with Crippen LogP contribution in [0.2, 0.25) is 0 Å². The Hall–Kier alpha value is -2.19. The number of aryl methyl sites for hydroxylation is 2. The van der Waals surface area contributed by atoms with Crippen LogP contribution in [-0.4, -0.2) is 29.1 Å². The van der Waals surface area contributed by atoms with Gasteiger partial charge in [-0.25, -0.2) is 9.78 Å². The van der Waals surface area contributed by atoms with E-state index in [0.717, 1.165) is 5.01 Å². The molecule has 0 aliphatic heterocycles. The molecule has 2 aromatic heterocycles. The minimum absolute atomic E-state index is 0.0978. The average molecular weight is 324 g/mol. The summed E-state index contributed by atoms with van der Waals surface area (Å²) in [6.07, 6.45) is 0. The lowest BCUT2D eigenvalue weighted by molar-refractivity contribution is 0.0694. The zero-order valence-corrected chi connectivity index (χ0v) is 13.2. The molecule has 0 fully saturated rings. The molecular formula is C14H16N2O5S. The van der Waals surface area contributed by atoms with Gasteiger partial charge in [0.05, 0.1) is 18.8 Å². The van der Waals surface area contributed by atoms with Crippen molar-refractivity contribution >= 4 is 23.2 Å². The van der Waals surface area contributed by atoms with Gasteiger partial charge in [0.2, 0.25) is 0 Å². The number of aromatic nitrogens is 1. The number of carbonyl (C=O) groups is 2. The lowest BCUT2D eigenvalue weighted by Crippen LogP contribution is -2.22. The van der Waals surface area contributed by atoms with Crippen molar-refractivity contribution in [3.63, 3.8) is 0 Å². The van der Waals surface area contributed by atoms with Crippen molar-refractivity contribution < 1.29 is 23.8 Å². The number of furan rings is 1. The second kappa shape index (κ2) is 6.71. The predicted molar refractivity (Wildman–Crippen MR) is 79.1 cm³/mol. The number of rotatable bonds is 6. The highest BCUT2D eigenvalue weighted by atomic mass is 32.1. The molecule has 0 unspecified atom stereocenters. The van der Waals surface area contributed by atoms with Crippen LogP contribution < -0.4 is 5.32 Å². The normalized spacial score (nSPS) is 10.7. The molecule has 118 valence electrons. The Morgan fingerprint density at radius 3 is 2.77 bits per heavy atom. The van der Waals surface area contributed by atoms with Gasteiger partial charge in [-0.1, -0.05) is 0 Å². The molecule has 2 N–H and O–H groups in total. The van der Waals surface area contributed by atoms with Gasteiger partial charge in [-0.2, -0.15) is 0 Å².